The van der Waals surface area contributed by atoms with Crippen molar-refractivity contribution >= 4 is 0 Å². The first-order chi connectivity index (χ1) is 15.9. The second-order valence-electron chi connectivity index (χ2n) is 8.11. The Morgan fingerprint density at radius 1 is 1.09 bits per heavy atom. The van der Waals surface area contributed by atoms with Crippen LogP contribution in [0.15, 0.2) is 64.2 Å². The molecular weight excluding hydrogens is 428 g/mol. The molecule has 8 nitrogen and oxygen atoms in total. The van der Waals surface area contributed by atoms with Gasteiger partial charge in [0.15, 0.2) is 5.76 Å². The van der Waals surface area contributed by atoms with Gasteiger partial charge in [0, 0.05) is 32.3 Å². The third-order valence-corrected chi connectivity index (χ3v) is 6.06. The Hall–Kier alpha value is -4.09. The third kappa shape index (κ3) is 4.38. The van der Waals surface area contributed by atoms with Gasteiger partial charge in [0.25, 0.3) is 5.56 Å². The summed E-state index contributed by atoms with van der Waals surface area (Å²) < 4.78 is 7.12. The molecule has 34 heavy (non-hydrogen) atoms. The largest absolute Gasteiger partial charge is 0.354 e. The minimum Gasteiger partial charge on any atom is -0.354 e. The van der Waals surface area contributed by atoms with E-state index in [4.69, 9.17) is 9.51 Å². The highest BCUT2D eigenvalue weighted by molar-refractivity contribution is 5.68. The summed E-state index contributed by atoms with van der Waals surface area (Å²) in [5.74, 6) is 0.514. The van der Waals surface area contributed by atoms with Crippen molar-refractivity contribution in [3.8, 4) is 40.0 Å². The first-order valence-electron chi connectivity index (χ1n) is 10.9. The Kier molecular flexibility index (Phi) is 7.08. The first-order valence-corrected chi connectivity index (χ1v) is 10.9. The molecule has 4 aromatic rings. The molecule has 0 atom stereocenters. The summed E-state index contributed by atoms with van der Waals surface area (Å²) in [6.07, 6.45) is 4.40. The quantitative estimate of drug-likeness (QED) is 0.376. The zero-order valence-corrected chi connectivity index (χ0v) is 19.9. The standard InChI is InChI=1S/C26H25N5O2.H3N.2H2/c1-5-26(6-2,16-27)31-15-20(10-11-24(31)32)22-14-28-18(4)25(29-22)23-13-21(30-33-23)19-9-7-8-17(3)12-19;;;/h7-15H,5-6H2,1-4H3;1H3;2*1H. The van der Waals surface area contributed by atoms with Gasteiger partial charge in [0.2, 0.25) is 0 Å². The molecule has 4 rings (SSSR count). The van der Waals surface area contributed by atoms with Crippen molar-refractivity contribution in [3.63, 3.8) is 0 Å². The first kappa shape index (κ1) is 24.6. The van der Waals surface area contributed by atoms with Gasteiger partial charge in [-0.05, 0) is 38.8 Å². The monoisotopic (exact) mass is 460 g/mol. The molecule has 0 radical (unpaired) electrons. The van der Waals surface area contributed by atoms with Crippen LogP contribution in [0.1, 0.15) is 40.8 Å². The highest BCUT2D eigenvalue weighted by Crippen LogP contribution is 2.29. The van der Waals surface area contributed by atoms with E-state index in [1.54, 1.807) is 18.5 Å². The van der Waals surface area contributed by atoms with Crippen LogP contribution >= 0.6 is 0 Å². The maximum absolute atomic E-state index is 12.6. The van der Waals surface area contributed by atoms with Gasteiger partial charge in [-0.1, -0.05) is 42.8 Å². The Balaban J connectivity index is 0.00000216. The van der Waals surface area contributed by atoms with Gasteiger partial charge >= 0.3 is 0 Å². The molecule has 3 aromatic heterocycles. The van der Waals surface area contributed by atoms with Gasteiger partial charge in [0.05, 0.1) is 23.7 Å². The lowest BCUT2D eigenvalue weighted by Gasteiger charge is -2.26. The number of nitrogens with zero attached hydrogens (tertiary/aromatic N) is 5. The third-order valence-electron chi connectivity index (χ3n) is 6.06. The highest BCUT2D eigenvalue weighted by Gasteiger charge is 2.29. The second-order valence-corrected chi connectivity index (χ2v) is 8.11. The second kappa shape index (κ2) is 9.81. The average Bonchev–Trinajstić information content (AvgIpc) is 3.32. The molecule has 3 N–H and O–H groups in total. The molecule has 178 valence electrons. The molecule has 1 aromatic carbocycles. The fraction of sp³-hybridized carbons (Fsp3) is 0.269. The number of hydrogen-bond acceptors (Lipinski definition) is 7. The number of benzene rings is 1. The van der Waals surface area contributed by atoms with Gasteiger partial charge in [-0.25, -0.2) is 4.98 Å². The molecule has 3 heterocycles. The highest BCUT2D eigenvalue weighted by atomic mass is 16.5. The van der Waals surface area contributed by atoms with E-state index >= 15 is 0 Å². The minimum atomic E-state index is -0.901. The fourth-order valence-electron chi connectivity index (χ4n) is 3.92. The zero-order chi connectivity index (χ0) is 23.6. The maximum Gasteiger partial charge on any atom is 0.251 e. The molecule has 0 aliphatic carbocycles. The zero-order valence-electron chi connectivity index (χ0n) is 19.9. The van der Waals surface area contributed by atoms with E-state index in [2.05, 4.69) is 16.2 Å². The van der Waals surface area contributed by atoms with Crippen LogP contribution in [-0.2, 0) is 5.54 Å². The van der Waals surface area contributed by atoms with Gasteiger partial charge in [-0.3, -0.25) is 14.3 Å². The van der Waals surface area contributed by atoms with Crippen molar-refractivity contribution in [3.05, 3.63) is 76.5 Å². The number of pyridine rings is 1. The molecule has 0 aliphatic rings. The predicted octanol–water partition coefficient (Wildman–Crippen LogP) is 5.94. The van der Waals surface area contributed by atoms with Crippen LogP contribution in [0.25, 0.3) is 34.0 Å². The Bertz CT molecular complexity index is 1420. The van der Waals surface area contributed by atoms with E-state index in [0.717, 1.165) is 16.8 Å². The van der Waals surface area contributed by atoms with Crippen LogP contribution in [0, 0.1) is 25.2 Å². The van der Waals surface area contributed by atoms with Crippen molar-refractivity contribution < 1.29 is 7.38 Å². The number of aryl methyl sites for hydroxylation is 2. The summed E-state index contributed by atoms with van der Waals surface area (Å²) >= 11 is 0. The Labute approximate surface area is 201 Å². The van der Waals surface area contributed by atoms with E-state index in [-0.39, 0.29) is 14.6 Å². The van der Waals surface area contributed by atoms with Crippen molar-refractivity contribution in [2.24, 2.45) is 0 Å². The Morgan fingerprint density at radius 2 is 1.85 bits per heavy atom. The fourth-order valence-corrected chi connectivity index (χ4v) is 3.92. The number of hydrogen-bond donors (Lipinski definition) is 1. The average molecular weight is 461 g/mol. The molecule has 0 fully saturated rings. The van der Waals surface area contributed by atoms with Crippen LogP contribution in [-0.4, -0.2) is 19.7 Å². The van der Waals surface area contributed by atoms with E-state index in [9.17, 15) is 10.1 Å². The van der Waals surface area contributed by atoms with Crippen LogP contribution < -0.4 is 11.7 Å². The lowest BCUT2D eigenvalue weighted by Crippen LogP contribution is -2.38. The molecule has 0 bridgehead atoms. The molecule has 0 unspecified atom stereocenters. The van der Waals surface area contributed by atoms with Crippen LogP contribution in [0.4, 0.5) is 0 Å². The Morgan fingerprint density at radius 3 is 2.53 bits per heavy atom. The van der Waals surface area contributed by atoms with Crippen LogP contribution in [0.5, 0.6) is 0 Å². The SMILES string of the molecule is CCC(C#N)(CC)n1cc(-c2cnc(C)c(-c3cc(-c4cccc(C)c4)no3)n2)ccc1=O.N.[HH].[HH]. The van der Waals surface area contributed by atoms with Crippen molar-refractivity contribution in [1.29, 1.82) is 5.26 Å². The van der Waals surface area contributed by atoms with Crippen molar-refractivity contribution in [2.45, 2.75) is 46.1 Å². The minimum absolute atomic E-state index is 0. The lowest BCUT2D eigenvalue weighted by atomic mass is 9.94. The molecular formula is C26H32N6O2. The topological polar surface area (TPSA) is 133 Å². The summed E-state index contributed by atoms with van der Waals surface area (Å²) in [4.78, 5) is 21.9. The normalized spacial score (nSPS) is 11.0. The van der Waals surface area contributed by atoms with Crippen LogP contribution in [0.3, 0.4) is 0 Å². The summed E-state index contributed by atoms with van der Waals surface area (Å²) in [6, 6.07) is 15.4. The van der Waals surface area contributed by atoms with Gasteiger partial charge in [0.1, 0.15) is 16.9 Å². The molecule has 0 aliphatic heterocycles. The molecule has 8 heteroatoms. The summed E-state index contributed by atoms with van der Waals surface area (Å²) in [7, 11) is 0. The van der Waals surface area contributed by atoms with Crippen LogP contribution in [0.2, 0.25) is 0 Å². The number of nitriles is 1. The molecule has 0 amide bonds. The maximum atomic E-state index is 12.6. The van der Waals surface area contributed by atoms with E-state index in [1.807, 2.05) is 58.0 Å². The van der Waals surface area contributed by atoms with Gasteiger partial charge in [-0.15, -0.1) is 0 Å². The van der Waals surface area contributed by atoms with E-state index < -0.39 is 5.54 Å². The lowest BCUT2D eigenvalue weighted by molar-refractivity contribution is 0.345. The van der Waals surface area contributed by atoms with Crippen molar-refractivity contribution in [1.82, 2.24) is 25.8 Å². The van der Waals surface area contributed by atoms with E-state index in [1.165, 1.54) is 10.6 Å². The molecule has 0 saturated heterocycles. The predicted molar refractivity (Wildman–Crippen MR) is 136 cm³/mol. The summed E-state index contributed by atoms with van der Waals surface area (Å²) in [5, 5.41) is 14.0. The smallest absolute Gasteiger partial charge is 0.251 e. The summed E-state index contributed by atoms with van der Waals surface area (Å²) in [5.41, 5.74) is 4.26. The molecule has 0 spiro atoms. The summed E-state index contributed by atoms with van der Waals surface area (Å²) in [6.45, 7) is 7.70. The molecule has 0 saturated carbocycles. The van der Waals surface area contributed by atoms with Gasteiger partial charge < -0.3 is 10.7 Å². The number of rotatable bonds is 6. The number of aromatic nitrogens is 4. The van der Waals surface area contributed by atoms with Gasteiger partial charge in [-0.2, -0.15) is 5.26 Å². The van der Waals surface area contributed by atoms with E-state index in [0.29, 0.717) is 41.2 Å². The van der Waals surface area contributed by atoms with Crippen molar-refractivity contribution in [2.75, 3.05) is 0 Å².